The first-order chi connectivity index (χ1) is 14.3. The zero-order chi connectivity index (χ0) is 20.3. The minimum Gasteiger partial charge on any atom is -0.494 e. The van der Waals surface area contributed by atoms with Gasteiger partial charge in [-0.1, -0.05) is 75.9 Å². The molecule has 0 radical (unpaired) electrons. The number of hydrogen-bond donors (Lipinski definition) is 0. The van der Waals surface area contributed by atoms with Crippen LogP contribution in [0.1, 0.15) is 57.9 Å². The third kappa shape index (κ3) is 6.42. The van der Waals surface area contributed by atoms with E-state index >= 15 is 0 Å². The molecule has 1 aromatic heterocycles. The highest BCUT2D eigenvalue weighted by Crippen LogP contribution is 2.23. The molecule has 2 aromatic carbocycles. The average molecular weight is 389 g/mol. The van der Waals surface area contributed by atoms with Gasteiger partial charge in [-0.2, -0.15) is 0 Å². The first kappa shape index (κ1) is 21.0. The van der Waals surface area contributed by atoms with Gasteiger partial charge in [0.25, 0.3) is 0 Å². The first-order valence-corrected chi connectivity index (χ1v) is 10.9. The third-order valence-electron chi connectivity index (χ3n) is 5.14. The fourth-order valence-corrected chi connectivity index (χ4v) is 3.31. The lowest BCUT2D eigenvalue weighted by molar-refractivity contribution is 0.306. The summed E-state index contributed by atoms with van der Waals surface area (Å²) in [5, 5.41) is 0. The number of aryl methyl sites for hydroxylation is 1. The molecular formula is C26H32N2O. The van der Waals surface area contributed by atoms with Crippen LogP contribution >= 0.6 is 0 Å². The molecule has 0 saturated heterocycles. The van der Waals surface area contributed by atoms with Crippen molar-refractivity contribution in [3.05, 3.63) is 66.5 Å². The van der Waals surface area contributed by atoms with Crippen LogP contribution in [0.25, 0.3) is 22.5 Å². The molecule has 3 nitrogen and oxygen atoms in total. The Bertz CT molecular complexity index is 839. The highest BCUT2D eigenvalue weighted by Gasteiger charge is 2.04. The van der Waals surface area contributed by atoms with Gasteiger partial charge in [-0.15, -0.1) is 0 Å². The summed E-state index contributed by atoms with van der Waals surface area (Å²) in [5.74, 6) is 1.69. The van der Waals surface area contributed by atoms with E-state index in [9.17, 15) is 0 Å². The molecule has 1 heterocycles. The van der Waals surface area contributed by atoms with Crippen molar-refractivity contribution >= 4 is 0 Å². The Hall–Kier alpha value is -2.68. The molecule has 0 N–H and O–H groups in total. The zero-order valence-corrected chi connectivity index (χ0v) is 17.7. The van der Waals surface area contributed by atoms with Gasteiger partial charge in [0.05, 0.1) is 6.61 Å². The maximum atomic E-state index is 5.79. The van der Waals surface area contributed by atoms with E-state index < -0.39 is 0 Å². The van der Waals surface area contributed by atoms with Crippen molar-refractivity contribution in [3.63, 3.8) is 0 Å². The van der Waals surface area contributed by atoms with E-state index in [1.165, 1.54) is 37.7 Å². The van der Waals surface area contributed by atoms with Gasteiger partial charge in [-0.25, -0.2) is 9.97 Å². The monoisotopic (exact) mass is 388 g/mol. The molecule has 152 valence electrons. The standard InChI is InChI=1S/C26H32N2O/c1-3-5-7-9-21-10-12-23(13-11-21)26-27-19-24(20-28-26)22-14-16-25(17-15-22)29-18-8-6-4-2/h10-17,19-20H,3-9,18H2,1-2H3. The molecule has 3 heteroatoms. The van der Waals surface area contributed by atoms with Gasteiger partial charge < -0.3 is 4.74 Å². The Morgan fingerprint density at radius 2 is 1.28 bits per heavy atom. The highest BCUT2D eigenvalue weighted by atomic mass is 16.5. The molecule has 0 atom stereocenters. The molecule has 0 bridgehead atoms. The van der Waals surface area contributed by atoms with Crippen LogP contribution in [0.15, 0.2) is 60.9 Å². The lowest BCUT2D eigenvalue weighted by Gasteiger charge is -2.07. The largest absolute Gasteiger partial charge is 0.494 e. The molecule has 0 aliphatic carbocycles. The lowest BCUT2D eigenvalue weighted by atomic mass is 10.0. The summed E-state index contributed by atoms with van der Waals surface area (Å²) in [7, 11) is 0. The topological polar surface area (TPSA) is 35.0 Å². The Kier molecular flexibility index (Phi) is 8.24. The first-order valence-electron chi connectivity index (χ1n) is 10.9. The fraction of sp³-hybridized carbons (Fsp3) is 0.385. The maximum absolute atomic E-state index is 5.79. The lowest BCUT2D eigenvalue weighted by Crippen LogP contribution is -1.96. The molecule has 0 fully saturated rings. The summed E-state index contributed by atoms with van der Waals surface area (Å²) < 4.78 is 5.79. The minimum absolute atomic E-state index is 0.768. The minimum atomic E-state index is 0.768. The van der Waals surface area contributed by atoms with E-state index in [0.29, 0.717) is 0 Å². The van der Waals surface area contributed by atoms with Crippen molar-refractivity contribution in [2.45, 2.75) is 58.8 Å². The number of hydrogen-bond acceptors (Lipinski definition) is 3. The molecular weight excluding hydrogens is 356 g/mol. The van der Waals surface area contributed by atoms with Crippen LogP contribution in [0.4, 0.5) is 0 Å². The second kappa shape index (κ2) is 11.4. The van der Waals surface area contributed by atoms with Gasteiger partial charge >= 0.3 is 0 Å². The van der Waals surface area contributed by atoms with Crippen LogP contribution in [0.5, 0.6) is 5.75 Å². The van der Waals surface area contributed by atoms with Crippen LogP contribution < -0.4 is 4.74 Å². The van der Waals surface area contributed by atoms with E-state index in [1.807, 2.05) is 24.5 Å². The summed E-state index contributed by atoms with van der Waals surface area (Å²) in [4.78, 5) is 9.16. The number of rotatable bonds is 11. The number of aromatic nitrogens is 2. The Labute approximate surface area is 175 Å². The van der Waals surface area contributed by atoms with Gasteiger partial charge in [0.15, 0.2) is 5.82 Å². The number of benzene rings is 2. The SMILES string of the molecule is CCCCCOc1ccc(-c2cnc(-c3ccc(CCCCC)cc3)nc2)cc1. The van der Waals surface area contributed by atoms with Crippen molar-refractivity contribution in [2.24, 2.45) is 0 Å². The van der Waals surface area contributed by atoms with Gasteiger partial charge in [0.1, 0.15) is 5.75 Å². The van der Waals surface area contributed by atoms with Crippen molar-refractivity contribution < 1.29 is 4.74 Å². The predicted molar refractivity (Wildman–Crippen MR) is 121 cm³/mol. The molecule has 3 aromatic rings. The van der Waals surface area contributed by atoms with Crippen molar-refractivity contribution in [1.82, 2.24) is 9.97 Å². The Morgan fingerprint density at radius 1 is 0.655 bits per heavy atom. The summed E-state index contributed by atoms with van der Waals surface area (Å²) in [5.41, 5.74) is 4.56. The quantitative estimate of drug-likeness (QED) is 0.328. The van der Waals surface area contributed by atoms with Crippen LogP contribution in [-0.2, 0) is 6.42 Å². The van der Waals surface area contributed by atoms with Crippen LogP contribution in [-0.4, -0.2) is 16.6 Å². The summed E-state index contributed by atoms with van der Waals surface area (Å²) in [6.07, 6.45) is 12.3. The van der Waals surface area contributed by atoms with Gasteiger partial charge in [0.2, 0.25) is 0 Å². The van der Waals surface area contributed by atoms with Crippen LogP contribution in [0.3, 0.4) is 0 Å². The molecule has 0 aliphatic heterocycles. The smallest absolute Gasteiger partial charge is 0.159 e. The van der Waals surface area contributed by atoms with Gasteiger partial charge in [0, 0.05) is 23.5 Å². The van der Waals surface area contributed by atoms with E-state index in [0.717, 1.165) is 47.7 Å². The molecule has 0 saturated carbocycles. The maximum Gasteiger partial charge on any atom is 0.159 e. The van der Waals surface area contributed by atoms with Crippen LogP contribution in [0, 0.1) is 0 Å². The zero-order valence-electron chi connectivity index (χ0n) is 17.7. The average Bonchev–Trinajstić information content (AvgIpc) is 2.78. The summed E-state index contributed by atoms with van der Waals surface area (Å²) >= 11 is 0. The van der Waals surface area contributed by atoms with Crippen molar-refractivity contribution in [2.75, 3.05) is 6.61 Å². The summed E-state index contributed by atoms with van der Waals surface area (Å²) in [6, 6.07) is 16.8. The van der Waals surface area contributed by atoms with Crippen LogP contribution in [0.2, 0.25) is 0 Å². The number of ether oxygens (including phenoxy) is 1. The molecule has 0 amide bonds. The van der Waals surface area contributed by atoms with E-state index in [-0.39, 0.29) is 0 Å². The third-order valence-corrected chi connectivity index (χ3v) is 5.14. The summed E-state index contributed by atoms with van der Waals surface area (Å²) in [6.45, 7) is 5.22. The second-order valence-corrected chi connectivity index (χ2v) is 7.53. The Morgan fingerprint density at radius 3 is 1.93 bits per heavy atom. The molecule has 0 aliphatic rings. The molecule has 3 rings (SSSR count). The number of unbranched alkanes of at least 4 members (excludes halogenated alkanes) is 4. The molecule has 0 unspecified atom stereocenters. The van der Waals surface area contributed by atoms with Crippen molar-refractivity contribution in [3.8, 4) is 28.3 Å². The molecule has 0 spiro atoms. The number of nitrogens with zero attached hydrogens (tertiary/aromatic N) is 2. The fourth-order valence-electron chi connectivity index (χ4n) is 3.31. The van der Waals surface area contributed by atoms with Crippen molar-refractivity contribution in [1.29, 1.82) is 0 Å². The van der Waals surface area contributed by atoms with Gasteiger partial charge in [-0.3, -0.25) is 0 Å². The Balaban J connectivity index is 1.59. The normalized spacial score (nSPS) is 10.8. The molecule has 29 heavy (non-hydrogen) atoms. The van der Waals surface area contributed by atoms with E-state index in [4.69, 9.17) is 4.74 Å². The van der Waals surface area contributed by atoms with Gasteiger partial charge in [-0.05, 0) is 42.5 Å². The van der Waals surface area contributed by atoms with E-state index in [2.05, 4.69) is 60.2 Å². The second-order valence-electron chi connectivity index (χ2n) is 7.53. The highest BCUT2D eigenvalue weighted by molar-refractivity contribution is 5.64. The predicted octanol–water partition coefficient (Wildman–Crippen LogP) is 7.11. The van der Waals surface area contributed by atoms with E-state index in [1.54, 1.807) is 0 Å².